The maximum atomic E-state index is 4.77. The Morgan fingerprint density at radius 3 is 2.42 bits per heavy atom. The van der Waals surface area contributed by atoms with Gasteiger partial charge in [-0.15, -0.1) is 0 Å². The minimum absolute atomic E-state index is 0.332. The molecule has 90 valence electrons. The van der Waals surface area contributed by atoms with E-state index < -0.39 is 0 Å². The van der Waals surface area contributed by atoms with Crippen molar-refractivity contribution < 1.29 is 0 Å². The topological polar surface area (TPSA) is 12.9 Å². The molecule has 0 bridgehead atoms. The summed E-state index contributed by atoms with van der Waals surface area (Å²) in [5.74, 6) is 0. The van der Waals surface area contributed by atoms with Gasteiger partial charge in [0, 0.05) is 0 Å². The third-order valence-corrected chi connectivity index (χ3v) is 5.57. The Bertz CT molecular complexity index is 843. The summed E-state index contributed by atoms with van der Waals surface area (Å²) in [5, 5.41) is 2.57. The Labute approximate surface area is 117 Å². The van der Waals surface area contributed by atoms with Crippen molar-refractivity contribution in [2.75, 3.05) is 0 Å². The molecule has 4 rings (SSSR count). The van der Waals surface area contributed by atoms with Crippen LogP contribution in [0.4, 0.5) is 0 Å². The average Bonchev–Trinajstić information content (AvgIpc) is 2.90. The molecule has 1 aromatic heterocycles. The first kappa shape index (κ1) is 11.0. The van der Waals surface area contributed by atoms with Crippen molar-refractivity contribution in [1.29, 1.82) is 0 Å². The molecule has 0 aliphatic heterocycles. The number of para-hydroxylation sites is 1. The molecule has 0 radical (unpaired) electrons. The summed E-state index contributed by atoms with van der Waals surface area (Å²) in [6.45, 7) is 0. The van der Waals surface area contributed by atoms with Crippen LogP contribution < -0.4 is 0 Å². The van der Waals surface area contributed by atoms with Crippen molar-refractivity contribution in [3.8, 4) is 10.1 Å². The zero-order valence-corrected chi connectivity index (χ0v) is 11.9. The number of hydrogen-bond acceptors (Lipinski definition) is 1. The second-order valence-corrected chi connectivity index (χ2v) is 6.71. The molecule has 0 aliphatic carbocycles. The molecule has 19 heavy (non-hydrogen) atoms. The average molecular weight is 308 g/mol. The molecule has 3 aromatic carbocycles. The molecule has 4 aromatic rings. The fraction of sp³-hybridized carbons (Fsp3) is 0. The Hall–Kier alpha value is -1.89. The van der Waals surface area contributed by atoms with Crippen LogP contribution in [-0.2, 0) is 0 Å². The molecule has 0 N–H and O–H groups in total. The monoisotopic (exact) mass is 309 g/mol. The molecule has 1 heterocycles. The third kappa shape index (κ3) is 1.90. The van der Waals surface area contributed by atoms with Gasteiger partial charge in [0.1, 0.15) is 0 Å². The van der Waals surface area contributed by atoms with E-state index in [2.05, 4.69) is 66.7 Å². The van der Waals surface area contributed by atoms with Crippen molar-refractivity contribution in [3.63, 3.8) is 0 Å². The van der Waals surface area contributed by atoms with Gasteiger partial charge in [-0.3, -0.25) is 0 Å². The first-order valence-corrected chi connectivity index (χ1v) is 7.96. The van der Waals surface area contributed by atoms with Crippen molar-refractivity contribution in [3.05, 3.63) is 66.7 Å². The van der Waals surface area contributed by atoms with E-state index >= 15 is 0 Å². The predicted octanol–water partition coefficient (Wildman–Crippen LogP) is 4.11. The summed E-state index contributed by atoms with van der Waals surface area (Å²) in [7, 11) is 0. The molecule has 0 saturated heterocycles. The van der Waals surface area contributed by atoms with Crippen molar-refractivity contribution in [1.82, 2.24) is 4.98 Å². The molecule has 0 spiro atoms. The Morgan fingerprint density at radius 2 is 1.53 bits per heavy atom. The summed E-state index contributed by atoms with van der Waals surface area (Å²) in [5.41, 5.74) is 2.40. The molecule has 1 nitrogen and oxygen atoms in total. The zero-order valence-electron chi connectivity index (χ0n) is 10.2. The van der Waals surface area contributed by atoms with Crippen LogP contribution in [0.15, 0.2) is 66.7 Å². The van der Waals surface area contributed by atoms with Crippen LogP contribution >= 0.6 is 0 Å². The molecule has 0 unspecified atom stereocenters. The molecule has 0 aliphatic rings. The maximum absolute atomic E-state index is 4.77. The number of benzene rings is 3. The van der Waals surface area contributed by atoms with Crippen LogP contribution in [-0.4, -0.2) is 19.5 Å². The Morgan fingerprint density at radius 1 is 0.737 bits per heavy atom. The standard InChI is InChI=1S/C17H11NSe/c1-2-6-13-11-14(10-9-12(13)5-1)17-18-15-7-3-4-8-16(15)19-17/h1-11H. The SMILES string of the molecule is c1ccc2cc(-c3nc4ccccc4[se]3)ccc2c1. The van der Waals surface area contributed by atoms with Gasteiger partial charge in [-0.05, 0) is 0 Å². The predicted molar refractivity (Wildman–Crippen MR) is 81.6 cm³/mol. The normalized spacial score (nSPS) is 11.2. The van der Waals surface area contributed by atoms with E-state index in [0.29, 0.717) is 14.5 Å². The quantitative estimate of drug-likeness (QED) is 0.482. The van der Waals surface area contributed by atoms with Gasteiger partial charge < -0.3 is 0 Å². The van der Waals surface area contributed by atoms with E-state index in [1.807, 2.05) is 0 Å². The van der Waals surface area contributed by atoms with Crippen LogP contribution in [0, 0.1) is 0 Å². The van der Waals surface area contributed by atoms with Gasteiger partial charge in [0.15, 0.2) is 0 Å². The number of nitrogens with zero attached hydrogens (tertiary/aromatic N) is 1. The van der Waals surface area contributed by atoms with E-state index in [1.54, 1.807) is 0 Å². The van der Waals surface area contributed by atoms with Gasteiger partial charge in [-0.25, -0.2) is 0 Å². The Balaban J connectivity index is 1.93. The van der Waals surface area contributed by atoms with E-state index in [9.17, 15) is 0 Å². The fourth-order valence-corrected chi connectivity index (χ4v) is 4.34. The molecular formula is C17H11NSe. The summed E-state index contributed by atoms with van der Waals surface area (Å²) in [4.78, 5) is 4.77. The first-order valence-electron chi connectivity index (χ1n) is 6.25. The van der Waals surface area contributed by atoms with E-state index in [1.165, 1.54) is 25.2 Å². The van der Waals surface area contributed by atoms with Gasteiger partial charge in [-0.1, -0.05) is 0 Å². The number of rotatable bonds is 1. The summed E-state index contributed by atoms with van der Waals surface area (Å²) >= 11 is 0.332. The molecular weight excluding hydrogens is 297 g/mol. The number of hydrogen-bond donors (Lipinski definition) is 0. The van der Waals surface area contributed by atoms with Gasteiger partial charge in [0.2, 0.25) is 0 Å². The van der Waals surface area contributed by atoms with Gasteiger partial charge >= 0.3 is 117 Å². The summed E-state index contributed by atoms with van der Waals surface area (Å²) in [6.07, 6.45) is 0. The van der Waals surface area contributed by atoms with Crippen LogP contribution in [0.3, 0.4) is 0 Å². The van der Waals surface area contributed by atoms with Crippen LogP contribution in [0.5, 0.6) is 0 Å². The van der Waals surface area contributed by atoms with Crippen LogP contribution in [0.1, 0.15) is 0 Å². The van der Waals surface area contributed by atoms with E-state index in [4.69, 9.17) is 4.98 Å². The van der Waals surface area contributed by atoms with Crippen LogP contribution in [0.25, 0.3) is 30.7 Å². The van der Waals surface area contributed by atoms with Gasteiger partial charge in [0.05, 0.1) is 0 Å². The van der Waals surface area contributed by atoms with Gasteiger partial charge in [0.25, 0.3) is 0 Å². The van der Waals surface area contributed by atoms with Crippen LogP contribution in [0.2, 0.25) is 0 Å². The molecule has 2 heteroatoms. The number of aromatic nitrogens is 1. The molecule has 0 fully saturated rings. The van der Waals surface area contributed by atoms with Crippen molar-refractivity contribution >= 4 is 35.1 Å². The summed E-state index contributed by atoms with van der Waals surface area (Å²) in [6, 6.07) is 23.5. The second kappa shape index (κ2) is 4.34. The molecule has 0 saturated carbocycles. The second-order valence-electron chi connectivity index (χ2n) is 4.55. The zero-order chi connectivity index (χ0) is 12.7. The van der Waals surface area contributed by atoms with Crippen molar-refractivity contribution in [2.45, 2.75) is 0 Å². The van der Waals surface area contributed by atoms with E-state index in [0.717, 1.165) is 5.52 Å². The van der Waals surface area contributed by atoms with Gasteiger partial charge in [-0.2, -0.15) is 0 Å². The molecule has 0 amide bonds. The summed E-state index contributed by atoms with van der Waals surface area (Å²) < 4.78 is 2.62. The molecule has 0 atom stereocenters. The fourth-order valence-electron chi connectivity index (χ4n) is 2.32. The third-order valence-electron chi connectivity index (χ3n) is 3.29. The van der Waals surface area contributed by atoms with Crippen molar-refractivity contribution in [2.24, 2.45) is 0 Å². The van der Waals surface area contributed by atoms with E-state index in [-0.39, 0.29) is 0 Å². The first-order chi connectivity index (χ1) is 9.40. The Kier molecular flexibility index (Phi) is 2.51. The number of fused-ring (bicyclic) bond motifs is 2. The minimum atomic E-state index is 0.332.